The van der Waals surface area contributed by atoms with Crippen LogP contribution in [-0.4, -0.2) is 40.6 Å². The Balaban J connectivity index is 2.08. The van der Waals surface area contributed by atoms with E-state index in [1.165, 1.54) is 24.0 Å². The van der Waals surface area contributed by atoms with Crippen LogP contribution in [-0.2, 0) is 9.59 Å². The highest BCUT2D eigenvalue weighted by atomic mass is 32.1. The van der Waals surface area contributed by atoms with Gasteiger partial charge < -0.3 is 5.32 Å². The maximum atomic E-state index is 12.1. The molecule has 0 spiro atoms. The maximum absolute atomic E-state index is 12.1. The van der Waals surface area contributed by atoms with Crippen LogP contribution in [0.25, 0.3) is 0 Å². The van der Waals surface area contributed by atoms with E-state index in [1.54, 1.807) is 0 Å². The van der Waals surface area contributed by atoms with Crippen molar-refractivity contribution in [3.05, 3.63) is 0 Å². The molecule has 0 radical (unpaired) electrons. The number of hydrogen-bond donors (Lipinski definition) is 1. The zero-order valence-corrected chi connectivity index (χ0v) is 11.2. The van der Waals surface area contributed by atoms with Gasteiger partial charge >= 0.3 is 0 Å². The first kappa shape index (κ1) is 13.1. The fraction of sp³-hybridized carbons (Fsp3) is 0.667. The summed E-state index contributed by atoms with van der Waals surface area (Å²) in [5, 5.41) is 2.74. The average Bonchev–Trinajstić information content (AvgIpc) is 2.81. The van der Waals surface area contributed by atoms with Gasteiger partial charge in [0, 0.05) is 18.8 Å². The molecule has 1 heterocycles. The van der Waals surface area contributed by atoms with Crippen molar-refractivity contribution in [2.75, 3.05) is 6.54 Å². The third-order valence-electron chi connectivity index (χ3n) is 3.38. The smallest absolute Gasteiger partial charge is 0.246 e. The third kappa shape index (κ3) is 2.58. The molecule has 0 unspecified atom stereocenters. The average molecular weight is 267 g/mol. The monoisotopic (exact) mass is 267 g/mol. The lowest BCUT2D eigenvalue weighted by Crippen LogP contribution is -2.58. The predicted octanol–water partition coefficient (Wildman–Crippen LogP) is 0.879. The summed E-state index contributed by atoms with van der Waals surface area (Å²) in [6, 6.07) is 0.273. The first-order valence-corrected chi connectivity index (χ1v) is 6.73. The van der Waals surface area contributed by atoms with Gasteiger partial charge in [0.1, 0.15) is 0 Å². The molecule has 1 aliphatic carbocycles. The van der Waals surface area contributed by atoms with Crippen molar-refractivity contribution in [3.8, 4) is 0 Å². The van der Waals surface area contributed by atoms with Crippen molar-refractivity contribution in [2.45, 2.75) is 38.6 Å². The molecule has 1 N–H and O–H groups in total. The second-order valence-electron chi connectivity index (χ2n) is 4.59. The van der Waals surface area contributed by atoms with Crippen LogP contribution in [0.4, 0.5) is 0 Å². The molecule has 1 saturated heterocycles. The third-order valence-corrected chi connectivity index (χ3v) is 3.70. The number of nitrogens with one attached hydrogen (secondary N) is 1. The highest BCUT2D eigenvalue weighted by molar-refractivity contribution is 7.80. The second kappa shape index (κ2) is 5.56. The number of carbonyl (C=O) groups is 2. The van der Waals surface area contributed by atoms with Gasteiger partial charge in [0.15, 0.2) is 11.0 Å². The number of rotatable bonds is 3. The minimum absolute atomic E-state index is 0.193. The Labute approximate surface area is 112 Å². The van der Waals surface area contributed by atoms with Gasteiger partial charge in [-0.05, 0) is 32.0 Å². The summed E-state index contributed by atoms with van der Waals surface area (Å²) in [5.41, 5.74) is 0. The minimum atomic E-state index is -0.822. The molecule has 1 atom stereocenters. The van der Waals surface area contributed by atoms with Gasteiger partial charge in [-0.2, -0.15) is 0 Å². The van der Waals surface area contributed by atoms with Crippen LogP contribution in [0, 0.1) is 5.92 Å². The Morgan fingerprint density at radius 3 is 2.72 bits per heavy atom. The summed E-state index contributed by atoms with van der Waals surface area (Å²) in [4.78, 5) is 29.6. The van der Waals surface area contributed by atoms with Gasteiger partial charge in [0.25, 0.3) is 0 Å². The van der Waals surface area contributed by atoms with Crippen molar-refractivity contribution >= 4 is 35.4 Å². The van der Waals surface area contributed by atoms with Gasteiger partial charge in [0.05, 0.1) is 0 Å². The normalized spacial score (nSPS) is 26.2. The first-order chi connectivity index (χ1) is 8.63. The maximum Gasteiger partial charge on any atom is 0.246 e. The molecule has 2 rings (SSSR count). The van der Waals surface area contributed by atoms with Crippen LogP contribution < -0.4 is 5.32 Å². The summed E-state index contributed by atoms with van der Waals surface area (Å²) in [6.45, 7) is 2.29. The molecule has 2 amide bonds. The number of hydrogen-bond acceptors (Lipinski definition) is 4. The van der Waals surface area contributed by atoms with Crippen LogP contribution in [0.2, 0.25) is 0 Å². The van der Waals surface area contributed by atoms with E-state index in [0.29, 0.717) is 6.54 Å². The second-order valence-corrected chi connectivity index (χ2v) is 4.98. The van der Waals surface area contributed by atoms with Crippen molar-refractivity contribution in [1.29, 1.82) is 0 Å². The lowest BCUT2D eigenvalue weighted by Gasteiger charge is -2.29. The highest BCUT2D eigenvalue weighted by Crippen LogP contribution is 2.21. The molecule has 1 saturated carbocycles. The number of thiocarbonyl (C=S) groups is 1. The molecule has 0 aromatic heterocycles. The molecule has 98 valence electrons. The first-order valence-electron chi connectivity index (χ1n) is 6.33. The summed E-state index contributed by atoms with van der Waals surface area (Å²) in [5.74, 6) is -1.46. The van der Waals surface area contributed by atoms with E-state index in [4.69, 9.17) is 12.2 Å². The zero-order chi connectivity index (χ0) is 13.1. The van der Waals surface area contributed by atoms with Crippen LogP contribution >= 0.6 is 12.2 Å². The van der Waals surface area contributed by atoms with E-state index in [1.807, 2.05) is 6.92 Å². The van der Waals surface area contributed by atoms with E-state index in [-0.39, 0.29) is 23.0 Å². The number of carbonyl (C=O) groups excluding carboxylic acids is 2. The van der Waals surface area contributed by atoms with E-state index < -0.39 is 5.92 Å². The SMILES string of the molecule is CCN1C(=O)[C@@H](C=NC2CCCC2)C(=O)NC1=S. The molecule has 0 aromatic carbocycles. The topological polar surface area (TPSA) is 61.8 Å². The molecule has 6 heteroatoms. The van der Waals surface area contributed by atoms with E-state index >= 15 is 0 Å². The highest BCUT2D eigenvalue weighted by Gasteiger charge is 2.36. The van der Waals surface area contributed by atoms with Crippen LogP contribution in [0.15, 0.2) is 4.99 Å². The fourth-order valence-corrected chi connectivity index (χ4v) is 2.64. The summed E-state index contributed by atoms with van der Waals surface area (Å²) in [7, 11) is 0. The Kier molecular flexibility index (Phi) is 4.06. The molecular weight excluding hydrogens is 250 g/mol. The number of nitrogens with zero attached hydrogens (tertiary/aromatic N) is 2. The molecule has 2 aliphatic rings. The van der Waals surface area contributed by atoms with Gasteiger partial charge in [-0.1, -0.05) is 12.8 Å². The molecule has 18 heavy (non-hydrogen) atoms. The largest absolute Gasteiger partial charge is 0.302 e. The molecular formula is C12H17N3O2S. The van der Waals surface area contributed by atoms with Crippen LogP contribution in [0.5, 0.6) is 0 Å². The van der Waals surface area contributed by atoms with Crippen molar-refractivity contribution < 1.29 is 9.59 Å². The van der Waals surface area contributed by atoms with Crippen LogP contribution in [0.3, 0.4) is 0 Å². The molecule has 0 bridgehead atoms. The van der Waals surface area contributed by atoms with E-state index in [9.17, 15) is 9.59 Å². The number of amides is 2. The Morgan fingerprint density at radius 2 is 2.11 bits per heavy atom. The molecule has 5 nitrogen and oxygen atoms in total. The zero-order valence-electron chi connectivity index (χ0n) is 10.4. The van der Waals surface area contributed by atoms with Crippen molar-refractivity contribution in [2.24, 2.45) is 10.9 Å². The standard InChI is InChI=1S/C12H17N3O2S/c1-2-15-11(17)9(10(16)14-12(15)18)7-13-8-5-3-4-6-8/h7-9H,2-6H2,1H3,(H,14,16,18)/t9-/m0/s1. The van der Waals surface area contributed by atoms with Crippen LogP contribution in [0.1, 0.15) is 32.6 Å². The van der Waals surface area contributed by atoms with Gasteiger partial charge in [-0.3, -0.25) is 19.5 Å². The van der Waals surface area contributed by atoms with E-state index in [0.717, 1.165) is 12.8 Å². The van der Waals surface area contributed by atoms with Crippen molar-refractivity contribution in [3.63, 3.8) is 0 Å². The summed E-state index contributed by atoms with van der Waals surface area (Å²) < 4.78 is 0. The Hall–Kier alpha value is -1.30. The summed E-state index contributed by atoms with van der Waals surface area (Å²) in [6.07, 6.45) is 5.96. The molecule has 2 fully saturated rings. The van der Waals surface area contributed by atoms with E-state index in [2.05, 4.69) is 10.3 Å². The lowest BCUT2D eigenvalue weighted by molar-refractivity contribution is -0.137. The predicted molar refractivity (Wildman–Crippen MR) is 72.4 cm³/mol. The number of aliphatic imine (C=N–C) groups is 1. The lowest BCUT2D eigenvalue weighted by atomic mass is 10.1. The molecule has 0 aromatic rings. The van der Waals surface area contributed by atoms with Gasteiger partial charge in [-0.15, -0.1) is 0 Å². The Bertz CT molecular complexity index is 402. The Morgan fingerprint density at radius 1 is 1.44 bits per heavy atom. The quantitative estimate of drug-likeness (QED) is 0.469. The van der Waals surface area contributed by atoms with Crippen molar-refractivity contribution in [1.82, 2.24) is 10.2 Å². The molecule has 1 aliphatic heterocycles. The van der Waals surface area contributed by atoms with Gasteiger partial charge in [-0.25, -0.2) is 0 Å². The van der Waals surface area contributed by atoms with Gasteiger partial charge in [0.2, 0.25) is 11.8 Å². The fourth-order valence-electron chi connectivity index (χ4n) is 2.32. The minimum Gasteiger partial charge on any atom is -0.302 e. The summed E-state index contributed by atoms with van der Waals surface area (Å²) >= 11 is 4.95.